The van der Waals surface area contributed by atoms with Crippen LogP contribution in [0.25, 0.3) is 0 Å². The number of para-hydroxylation sites is 2. The molecule has 33 heavy (non-hydrogen) atoms. The number of amides is 3. The Morgan fingerprint density at radius 3 is 2.61 bits per heavy atom. The molecule has 3 amide bonds. The lowest BCUT2D eigenvalue weighted by Crippen LogP contribution is -2.73. The first-order chi connectivity index (χ1) is 15.9. The lowest BCUT2D eigenvalue weighted by Gasteiger charge is -2.58. The van der Waals surface area contributed by atoms with Crippen LogP contribution in [0.4, 0.5) is 10.5 Å². The Morgan fingerprint density at radius 2 is 1.94 bits per heavy atom. The molecule has 0 radical (unpaired) electrons. The first-order valence-electron chi connectivity index (χ1n) is 11.2. The molecule has 0 aliphatic carbocycles. The van der Waals surface area contributed by atoms with Crippen molar-refractivity contribution in [3.05, 3.63) is 59.7 Å². The van der Waals surface area contributed by atoms with Gasteiger partial charge in [0.1, 0.15) is 12.3 Å². The van der Waals surface area contributed by atoms with Crippen molar-refractivity contribution in [3.8, 4) is 17.6 Å². The number of anilines is 1. The lowest BCUT2D eigenvalue weighted by molar-refractivity contribution is -0.159. The number of hydrogen-bond donors (Lipinski definition) is 2. The van der Waals surface area contributed by atoms with E-state index in [1.807, 2.05) is 50.2 Å². The van der Waals surface area contributed by atoms with Crippen molar-refractivity contribution >= 4 is 17.6 Å². The summed E-state index contributed by atoms with van der Waals surface area (Å²) in [4.78, 5) is 29.0. The number of carbonyl (C=O) groups is 2. The second-order valence-corrected chi connectivity index (χ2v) is 8.70. The van der Waals surface area contributed by atoms with Gasteiger partial charge < -0.3 is 25.0 Å². The number of benzene rings is 2. The standard InChI is InChI=1S/C26H29N3O4/c1-17(2)8-9-18-10-12-19(13-11-18)25-21-14-28(15-24(31)29(21)22(25)16-30)26(32)27-20-6-4-5-7-23(20)33-3/h4-7,10-13,17,21-22,25,30H,14-16H2,1-3H3,(H,27,32)/t21-,22-,25-/m0/s1. The van der Waals surface area contributed by atoms with Gasteiger partial charge in [0.05, 0.1) is 31.5 Å². The van der Waals surface area contributed by atoms with Crippen LogP contribution in [0.2, 0.25) is 0 Å². The number of aliphatic hydroxyl groups excluding tert-OH is 1. The van der Waals surface area contributed by atoms with Crippen molar-refractivity contribution in [3.63, 3.8) is 0 Å². The van der Waals surface area contributed by atoms with E-state index in [1.54, 1.807) is 24.1 Å². The fourth-order valence-electron chi connectivity index (χ4n) is 4.61. The van der Waals surface area contributed by atoms with Crippen LogP contribution in [0.3, 0.4) is 0 Å². The van der Waals surface area contributed by atoms with Gasteiger partial charge in [0.25, 0.3) is 0 Å². The molecule has 3 atom stereocenters. The van der Waals surface area contributed by atoms with Gasteiger partial charge >= 0.3 is 6.03 Å². The molecule has 4 rings (SSSR count). The molecule has 2 N–H and O–H groups in total. The van der Waals surface area contributed by atoms with Crippen molar-refractivity contribution in [1.82, 2.24) is 9.80 Å². The third-order valence-corrected chi connectivity index (χ3v) is 6.19. The predicted octanol–water partition coefficient (Wildman–Crippen LogP) is 2.91. The molecule has 0 unspecified atom stereocenters. The highest BCUT2D eigenvalue weighted by molar-refractivity contribution is 5.94. The van der Waals surface area contributed by atoms with E-state index in [1.165, 1.54) is 4.90 Å². The Labute approximate surface area is 194 Å². The zero-order chi connectivity index (χ0) is 23.5. The molecule has 2 aromatic rings. The minimum Gasteiger partial charge on any atom is -0.495 e. The molecule has 2 saturated heterocycles. The summed E-state index contributed by atoms with van der Waals surface area (Å²) < 4.78 is 5.30. The average molecular weight is 448 g/mol. The molecule has 2 aliphatic heterocycles. The molecule has 0 saturated carbocycles. The molecular formula is C26H29N3O4. The highest BCUT2D eigenvalue weighted by Crippen LogP contribution is 2.43. The van der Waals surface area contributed by atoms with Gasteiger partial charge in [0, 0.05) is 23.9 Å². The topological polar surface area (TPSA) is 82.1 Å². The summed E-state index contributed by atoms with van der Waals surface area (Å²) in [5.41, 5.74) is 2.52. The minimum atomic E-state index is -0.349. The molecule has 2 aliphatic rings. The normalized spacial score (nSPS) is 21.6. The molecule has 172 valence electrons. The van der Waals surface area contributed by atoms with Crippen LogP contribution in [0.1, 0.15) is 30.9 Å². The molecule has 7 nitrogen and oxygen atoms in total. The average Bonchev–Trinajstić information content (AvgIpc) is 2.80. The molecule has 0 bridgehead atoms. The van der Waals surface area contributed by atoms with Gasteiger partial charge in [0.15, 0.2) is 0 Å². The first kappa shape index (κ1) is 22.7. The summed E-state index contributed by atoms with van der Waals surface area (Å²) in [6.45, 7) is 4.35. The summed E-state index contributed by atoms with van der Waals surface area (Å²) in [7, 11) is 1.54. The van der Waals surface area contributed by atoms with Crippen molar-refractivity contribution in [2.75, 3.05) is 32.1 Å². The number of rotatable bonds is 4. The van der Waals surface area contributed by atoms with Gasteiger partial charge in [-0.05, 0) is 29.8 Å². The third kappa shape index (κ3) is 4.53. The van der Waals surface area contributed by atoms with E-state index in [9.17, 15) is 14.7 Å². The molecule has 2 heterocycles. The predicted molar refractivity (Wildman–Crippen MR) is 126 cm³/mol. The lowest BCUT2D eigenvalue weighted by atomic mass is 9.73. The summed E-state index contributed by atoms with van der Waals surface area (Å²) in [5, 5.41) is 12.8. The van der Waals surface area contributed by atoms with Crippen LogP contribution in [0.5, 0.6) is 5.75 Å². The molecule has 0 aromatic heterocycles. The van der Waals surface area contributed by atoms with Crippen molar-refractivity contribution in [2.24, 2.45) is 5.92 Å². The van der Waals surface area contributed by atoms with Gasteiger partial charge in [-0.15, -0.1) is 0 Å². The smallest absolute Gasteiger partial charge is 0.322 e. The maximum Gasteiger partial charge on any atom is 0.322 e. The zero-order valence-corrected chi connectivity index (χ0v) is 19.1. The summed E-state index contributed by atoms with van der Waals surface area (Å²) >= 11 is 0. The Morgan fingerprint density at radius 1 is 1.21 bits per heavy atom. The van der Waals surface area contributed by atoms with Crippen LogP contribution in [0.15, 0.2) is 48.5 Å². The number of methoxy groups -OCH3 is 1. The second kappa shape index (κ2) is 9.55. The van der Waals surface area contributed by atoms with Crippen molar-refractivity contribution in [1.29, 1.82) is 0 Å². The number of hydrogen-bond acceptors (Lipinski definition) is 4. The number of ether oxygens (including phenoxy) is 1. The summed E-state index contributed by atoms with van der Waals surface area (Å²) in [6, 6.07) is 14.3. The Balaban J connectivity index is 1.51. The van der Waals surface area contributed by atoms with E-state index < -0.39 is 0 Å². The maximum absolute atomic E-state index is 12.9. The SMILES string of the molecule is COc1ccccc1NC(=O)N1CC(=O)N2[C@@H](CO)[C@@H](c3ccc(C#CC(C)C)cc3)[C@@H]2C1. The number of piperazine rings is 1. The van der Waals surface area contributed by atoms with Crippen LogP contribution >= 0.6 is 0 Å². The second-order valence-electron chi connectivity index (χ2n) is 8.70. The highest BCUT2D eigenvalue weighted by atomic mass is 16.5. The van der Waals surface area contributed by atoms with E-state index in [0.29, 0.717) is 23.9 Å². The van der Waals surface area contributed by atoms with Gasteiger partial charge in [0.2, 0.25) is 5.91 Å². The van der Waals surface area contributed by atoms with E-state index in [2.05, 4.69) is 17.2 Å². The largest absolute Gasteiger partial charge is 0.495 e. The summed E-state index contributed by atoms with van der Waals surface area (Å²) in [6.07, 6.45) is 0. The van der Waals surface area contributed by atoms with Crippen LogP contribution in [-0.4, -0.2) is 65.7 Å². The molecule has 0 spiro atoms. The zero-order valence-electron chi connectivity index (χ0n) is 19.1. The van der Waals surface area contributed by atoms with E-state index in [0.717, 1.165) is 11.1 Å². The minimum absolute atomic E-state index is 0.0234. The number of nitrogens with zero attached hydrogens (tertiary/aromatic N) is 2. The van der Waals surface area contributed by atoms with Crippen molar-refractivity contribution < 1.29 is 19.4 Å². The third-order valence-electron chi connectivity index (χ3n) is 6.19. The number of fused-ring (bicyclic) bond motifs is 1. The van der Waals surface area contributed by atoms with Crippen molar-refractivity contribution in [2.45, 2.75) is 31.8 Å². The Hall–Kier alpha value is -3.50. The van der Waals surface area contributed by atoms with Crippen LogP contribution < -0.4 is 10.1 Å². The molecule has 2 fully saturated rings. The van der Waals surface area contributed by atoms with Crippen LogP contribution in [0, 0.1) is 17.8 Å². The van der Waals surface area contributed by atoms with Gasteiger partial charge in [-0.25, -0.2) is 4.79 Å². The fraction of sp³-hybridized carbons (Fsp3) is 0.385. The van der Waals surface area contributed by atoms with E-state index in [-0.39, 0.29) is 43.1 Å². The molecule has 7 heteroatoms. The number of carbonyl (C=O) groups excluding carboxylic acids is 2. The molecular weight excluding hydrogens is 418 g/mol. The Bertz CT molecular complexity index is 1090. The van der Waals surface area contributed by atoms with Crippen LogP contribution in [-0.2, 0) is 4.79 Å². The highest BCUT2D eigenvalue weighted by Gasteiger charge is 2.54. The number of urea groups is 1. The summed E-state index contributed by atoms with van der Waals surface area (Å²) in [5.74, 6) is 6.95. The Kier molecular flexibility index (Phi) is 6.57. The fourth-order valence-corrected chi connectivity index (χ4v) is 4.61. The van der Waals surface area contributed by atoms with Gasteiger partial charge in [-0.3, -0.25) is 4.79 Å². The number of nitrogens with one attached hydrogen (secondary N) is 1. The quantitative estimate of drug-likeness (QED) is 0.706. The maximum atomic E-state index is 12.9. The van der Waals surface area contributed by atoms with Gasteiger partial charge in [-0.2, -0.15) is 0 Å². The molecule has 2 aromatic carbocycles. The van der Waals surface area contributed by atoms with E-state index >= 15 is 0 Å². The monoisotopic (exact) mass is 447 g/mol. The van der Waals surface area contributed by atoms with Gasteiger partial charge in [-0.1, -0.05) is 50.0 Å². The number of aliphatic hydroxyl groups is 1. The van der Waals surface area contributed by atoms with E-state index in [4.69, 9.17) is 4.74 Å². The first-order valence-corrected chi connectivity index (χ1v) is 11.2.